The first-order valence-corrected chi connectivity index (χ1v) is 8.34. The summed E-state index contributed by atoms with van der Waals surface area (Å²) in [4.78, 5) is 12.5. The van der Waals surface area contributed by atoms with Gasteiger partial charge in [0.2, 0.25) is 0 Å². The van der Waals surface area contributed by atoms with E-state index >= 15 is 0 Å². The van der Waals surface area contributed by atoms with Crippen molar-refractivity contribution in [1.29, 1.82) is 0 Å². The Kier molecular flexibility index (Phi) is 4.07. The third-order valence-corrected chi connectivity index (χ3v) is 4.57. The molecule has 126 valence electrons. The molecule has 5 nitrogen and oxygen atoms in total. The molecule has 3 aromatic rings. The molecule has 0 aliphatic heterocycles. The molecule has 1 aliphatic rings. The van der Waals surface area contributed by atoms with Crippen LogP contribution >= 0.6 is 0 Å². The molecule has 2 N–H and O–H groups in total. The SMILES string of the molecule is O=C(N[C@H]1c2ccccc2C[C@H]1O)c1cnn(Cc2ccccc2)c1. The number of nitrogens with zero attached hydrogens (tertiary/aromatic N) is 2. The first-order chi connectivity index (χ1) is 12.2. The van der Waals surface area contributed by atoms with Gasteiger partial charge in [0, 0.05) is 12.6 Å². The molecule has 1 heterocycles. The number of carbonyl (C=O) groups excluding carboxylic acids is 1. The smallest absolute Gasteiger partial charge is 0.255 e. The van der Waals surface area contributed by atoms with Crippen LogP contribution in [-0.4, -0.2) is 26.9 Å². The van der Waals surface area contributed by atoms with E-state index < -0.39 is 6.10 Å². The van der Waals surface area contributed by atoms with Crippen LogP contribution in [0.4, 0.5) is 0 Å². The Morgan fingerprint density at radius 1 is 1.16 bits per heavy atom. The number of hydrogen-bond acceptors (Lipinski definition) is 3. The van der Waals surface area contributed by atoms with E-state index in [0.29, 0.717) is 18.5 Å². The second-order valence-electron chi connectivity index (χ2n) is 6.33. The number of benzene rings is 2. The molecular weight excluding hydrogens is 314 g/mol. The third-order valence-electron chi connectivity index (χ3n) is 4.57. The Hall–Kier alpha value is -2.92. The number of carbonyl (C=O) groups is 1. The lowest BCUT2D eigenvalue weighted by Crippen LogP contribution is -2.33. The van der Waals surface area contributed by atoms with Gasteiger partial charge >= 0.3 is 0 Å². The van der Waals surface area contributed by atoms with Gasteiger partial charge in [-0.2, -0.15) is 5.10 Å². The van der Waals surface area contributed by atoms with Crippen LogP contribution < -0.4 is 5.32 Å². The molecule has 1 amide bonds. The van der Waals surface area contributed by atoms with Gasteiger partial charge in [-0.25, -0.2) is 0 Å². The fourth-order valence-electron chi connectivity index (χ4n) is 3.31. The summed E-state index contributed by atoms with van der Waals surface area (Å²) in [7, 11) is 0. The van der Waals surface area contributed by atoms with Gasteiger partial charge in [0.25, 0.3) is 5.91 Å². The minimum absolute atomic E-state index is 0.222. The van der Waals surface area contributed by atoms with Crippen LogP contribution in [0, 0.1) is 0 Å². The van der Waals surface area contributed by atoms with Gasteiger partial charge in [0.15, 0.2) is 0 Å². The molecule has 0 radical (unpaired) electrons. The number of rotatable bonds is 4. The summed E-state index contributed by atoms with van der Waals surface area (Å²) >= 11 is 0. The highest BCUT2D eigenvalue weighted by atomic mass is 16.3. The summed E-state index contributed by atoms with van der Waals surface area (Å²) in [5.41, 5.74) is 3.69. The van der Waals surface area contributed by atoms with Crippen molar-refractivity contribution >= 4 is 5.91 Å². The Balaban J connectivity index is 1.47. The van der Waals surface area contributed by atoms with Gasteiger partial charge in [-0.05, 0) is 16.7 Å². The lowest BCUT2D eigenvalue weighted by Gasteiger charge is -2.17. The van der Waals surface area contributed by atoms with Crippen LogP contribution in [0.25, 0.3) is 0 Å². The number of aliphatic hydroxyl groups is 1. The molecule has 0 bridgehead atoms. The number of amides is 1. The van der Waals surface area contributed by atoms with Crippen molar-refractivity contribution in [3.8, 4) is 0 Å². The van der Waals surface area contributed by atoms with Gasteiger partial charge in [0.05, 0.1) is 30.5 Å². The molecular formula is C20H19N3O2. The molecule has 2 atom stereocenters. The lowest BCUT2D eigenvalue weighted by molar-refractivity contribution is 0.0858. The molecule has 0 unspecified atom stereocenters. The Bertz CT molecular complexity index is 889. The van der Waals surface area contributed by atoms with E-state index in [1.165, 1.54) is 0 Å². The number of hydrogen-bond donors (Lipinski definition) is 2. The quantitative estimate of drug-likeness (QED) is 0.770. The zero-order valence-corrected chi connectivity index (χ0v) is 13.7. The maximum absolute atomic E-state index is 12.5. The molecule has 1 aliphatic carbocycles. The third kappa shape index (κ3) is 3.19. The molecule has 2 aromatic carbocycles. The minimum Gasteiger partial charge on any atom is -0.390 e. The van der Waals surface area contributed by atoms with Crippen LogP contribution in [0.1, 0.15) is 33.1 Å². The first-order valence-electron chi connectivity index (χ1n) is 8.34. The molecule has 0 spiro atoms. The van der Waals surface area contributed by atoms with Crippen molar-refractivity contribution in [1.82, 2.24) is 15.1 Å². The molecule has 1 aromatic heterocycles. The van der Waals surface area contributed by atoms with Crippen molar-refractivity contribution in [2.24, 2.45) is 0 Å². The van der Waals surface area contributed by atoms with Gasteiger partial charge in [0.1, 0.15) is 0 Å². The van der Waals surface area contributed by atoms with Gasteiger partial charge in [-0.15, -0.1) is 0 Å². The fraction of sp³-hybridized carbons (Fsp3) is 0.200. The number of fused-ring (bicyclic) bond motifs is 1. The largest absolute Gasteiger partial charge is 0.390 e. The summed E-state index contributed by atoms with van der Waals surface area (Å²) < 4.78 is 1.74. The lowest BCUT2D eigenvalue weighted by atomic mass is 10.1. The summed E-state index contributed by atoms with van der Waals surface area (Å²) in [5, 5.41) is 17.5. The van der Waals surface area contributed by atoms with Crippen molar-refractivity contribution < 1.29 is 9.90 Å². The average Bonchev–Trinajstić information content (AvgIpc) is 3.21. The maximum atomic E-state index is 12.5. The first kappa shape index (κ1) is 15.6. The monoisotopic (exact) mass is 333 g/mol. The molecule has 4 rings (SSSR count). The van der Waals surface area contributed by atoms with Gasteiger partial charge in [-0.1, -0.05) is 54.6 Å². The van der Waals surface area contributed by atoms with Crippen molar-refractivity contribution in [3.63, 3.8) is 0 Å². The predicted octanol–water partition coefficient (Wildman–Crippen LogP) is 2.32. The normalized spacial score (nSPS) is 18.8. The number of aliphatic hydroxyl groups excluding tert-OH is 1. The molecule has 0 saturated heterocycles. The van der Waals surface area contributed by atoms with E-state index in [0.717, 1.165) is 16.7 Å². The van der Waals surface area contributed by atoms with Gasteiger partial charge in [-0.3, -0.25) is 9.48 Å². The van der Waals surface area contributed by atoms with Crippen molar-refractivity contribution in [2.75, 3.05) is 0 Å². The average molecular weight is 333 g/mol. The Morgan fingerprint density at radius 3 is 2.76 bits per heavy atom. The minimum atomic E-state index is -0.597. The van der Waals surface area contributed by atoms with E-state index in [-0.39, 0.29) is 11.9 Å². The van der Waals surface area contributed by atoms with E-state index in [4.69, 9.17) is 0 Å². The fourth-order valence-corrected chi connectivity index (χ4v) is 3.31. The summed E-state index contributed by atoms with van der Waals surface area (Å²) in [6.45, 7) is 0.614. The zero-order valence-electron chi connectivity index (χ0n) is 13.7. The highest BCUT2D eigenvalue weighted by molar-refractivity contribution is 5.94. The molecule has 0 saturated carbocycles. The summed E-state index contributed by atoms with van der Waals surface area (Å²) in [6, 6.07) is 17.4. The van der Waals surface area contributed by atoms with Crippen molar-refractivity contribution in [2.45, 2.75) is 25.1 Å². The standard InChI is InChI=1S/C20H19N3O2/c24-18-10-15-8-4-5-9-17(15)19(18)22-20(25)16-11-21-23(13-16)12-14-6-2-1-3-7-14/h1-9,11,13,18-19,24H,10,12H2,(H,22,25)/t18-,19+/m1/s1. The highest BCUT2D eigenvalue weighted by Gasteiger charge is 2.32. The Labute approximate surface area is 145 Å². The molecule has 25 heavy (non-hydrogen) atoms. The number of nitrogens with one attached hydrogen (secondary N) is 1. The molecule has 0 fully saturated rings. The number of aromatic nitrogens is 2. The van der Waals surface area contributed by atoms with Gasteiger partial charge < -0.3 is 10.4 Å². The zero-order chi connectivity index (χ0) is 17.2. The summed E-state index contributed by atoms with van der Waals surface area (Å²) in [6.07, 6.45) is 3.26. The van der Waals surface area contributed by atoms with Crippen LogP contribution in [0.2, 0.25) is 0 Å². The molecule has 5 heteroatoms. The van der Waals surface area contributed by atoms with Crippen molar-refractivity contribution in [3.05, 3.63) is 89.2 Å². The van der Waals surface area contributed by atoms with E-state index in [1.54, 1.807) is 17.1 Å². The maximum Gasteiger partial charge on any atom is 0.255 e. The topological polar surface area (TPSA) is 67.2 Å². The van der Waals surface area contributed by atoms with Crippen LogP contribution in [0.5, 0.6) is 0 Å². The van der Waals surface area contributed by atoms with E-state index in [1.807, 2.05) is 54.6 Å². The second-order valence-corrected chi connectivity index (χ2v) is 6.33. The van der Waals surface area contributed by atoms with Crippen LogP contribution in [0.3, 0.4) is 0 Å². The second kappa shape index (κ2) is 6.53. The summed E-state index contributed by atoms with van der Waals surface area (Å²) in [5.74, 6) is -0.222. The van der Waals surface area contributed by atoms with E-state index in [2.05, 4.69) is 10.4 Å². The Morgan fingerprint density at radius 2 is 1.92 bits per heavy atom. The van der Waals surface area contributed by atoms with Crippen LogP contribution in [-0.2, 0) is 13.0 Å². The van der Waals surface area contributed by atoms with E-state index in [9.17, 15) is 9.90 Å². The predicted molar refractivity (Wildman–Crippen MR) is 94.1 cm³/mol. The highest BCUT2D eigenvalue weighted by Crippen LogP contribution is 2.31. The van der Waals surface area contributed by atoms with Crippen LogP contribution in [0.15, 0.2) is 67.0 Å².